The molecule has 0 radical (unpaired) electrons. The number of carbonyl (C=O) groups excluding carboxylic acids is 2. The fourth-order valence-electron chi connectivity index (χ4n) is 0.285. The minimum absolute atomic E-state index is 0. The van der Waals surface area contributed by atoms with Crippen LogP contribution in [0.5, 0.6) is 0 Å². The van der Waals surface area contributed by atoms with E-state index in [-0.39, 0.29) is 62.0 Å². The normalized spacial score (nSPS) is 7.67. The quantitative estimate of drug-likeness (QED) is 0.373. The number of amides is 2. The van der Waals surface area contributed by atoms with Crippen LogP contribution in [0.25, 0.3) is 0 Å². The molecule has 0 atom stereocenters. The summed E-state index contributed by atoms with van der Waals surface area (Å²) in [5.41, 5.74) is 9.62. The first-order valence-corrected chi connectivity index (χ1v) is 4.44. The van der Waals surface area contributed by atoms with Crippen LogP contribution in [0.15, 0.2) is 0 Å². The molecule has 0 bridgehead atoms. The first-order valence-electron chi connectivity index (χ1n) is 2.47. The van der Waals surface area contributed by atoms with Crippen LogP contribution in [-0.4, -0.2) is 22.0 Å². The maximum Gasteiger partial charge on any atom is 1.00 e. The van der Waals surface area contributed by atoms with Gasteiger partial charge in [0.1, 0.15) is 0 Å². The summed E-state index contributed by atoms with van der Waals surface area (Å²) < 4.78 is 0. The number of thioether (sulfide) groups is 2. The summed E-state index contributed by atoms with van der Waals surface area (Å²) in [6.07, 6.45) is 0. The minimum atomic E-state index is -0.426. The zero-order chi connectivity index (χ0) is 7.98. The molecule has 2 amide bonds. The Bertz CT molecular complexity index is 139. The molecule has 12 heavy (non-hydrogen) atoms. The summed E-state index contributed by atoms with van der Waals surface area (Å²) in [4.78, 5) is 20.2. The van der Waals surface area contributed by atoms with E-state index in [0.29, 0.717) is 11.5 Å². The Morgan fingerprint density at radius 2 is 1.25 bits per heavy atom. The summed E-state index contributed by atoms with van der Waals surface area (Å²) >= 11 is 1.97. The Morgan fingerprint density at radius 3 is 1.42 bits per heavy atom. The van der Waals surface area contributed by atoms with E-state index >= 15 is 0 Å². The molecule has 0 spiro atoms. The molecule has 0 heterocycles. The third-order valence-corrected chi connectivity index (χ3v) is 2.22. The maximum atomic E-state index is 10.1. The summed E-state index contributed by atoms with van der Waals surface area (Å²) in [6, 6.07) is 0. The van der Waals surface area contributed by atoms with E-state index in [2.05, 4.69) is 0 Å². The number of hydrogen-bond acceptors (Lipinski definition) is 4. The van der Waals surface area contributed by atoms with E-state index in [9.17, 15) is 9.59 Å². The van der Waals surface area contributed by atoms with E-state index in [1.54, 1.807) is 0 Å². The van der Waals surface area contributed by atoms with Gasteiger partial charge in [-0.3, -0.25) is 9.59 Å². The van der Waals surface area contributed by atoms with Gasteiger partial charge in [-0.2, -0.15) is 0 Å². The zero-order valence-corrected chi connectivity index (χ0v) is 12.8. The molecule has 4 nitrogen and oxygen atoms in total. The largest absolute Gasteiger partial charge is 1.00 e. The summed E-state index contributed by atoms with van der Waals surface area (Å²) in [5, 5.41) is -0.852. The zero-order valence-electron chi connectivity index (χ0n) is 9.20. The summed E-state index contributed by atoms with van der Waals surface area (Å²) in [6.45, 7) is 0. The van der Waals surface area contributed by atoms with Gasteiger partial charge in [0.05, 0.1) is 0 Å². The molecule has 4 N–H and O–H groups in total. The van der Waals surface area contributed by atoms with Gasteiger partial charge in [-0.15, -0.1) is 0 Å². The molecule has 0 rings (SSSR count). The van der Waals surface area contributed by atoms with Crippen LogP contribution < -0.4 is 70.6 Å². The topological polar surface area (TPSA) is 86.2 Å². The van der Waals surface area contributed by atoms with E-state index in [0.717, 1.165) is 23.5 Å². The molecule has 0 fully saturated rings. The second-order valence-corrected chi connectivity index (χ2v) is 3.53. The Balaban J connectivity index is -0.0000000675. The van der Waals surface area contributed by atoms with Gasteiger partial charge < -0.3 is 14.3 Å². The van der Waals surface area contributed by atoms with Crippen molar-refractivity contribution in [3.8, 4) is 0 Å². The Morgan fingerprint density at radius 1 is 1.00 bits per heavy atom. The second-order valence-electron chi connectivity index (χ2n) is 1.33. The maximum absolute atomic E-state index is 10.1. The van der Waals surface area contributed by atoms with Crippen molar-refractivity contribution in [1.29, 1.82) is 0 Å². The van der Waals surface area contributed by atoms with Crippen molar-refractivity contribution in [2.24, 2.45) is 11.5 Å². The van der Waals surface area contributed by atoms with E-state index in [4.69, 9.17) is 11.5 Å². The minimum Gasteiger partial charge on any atom is -1.00 e. The molecule has 0 aromatic heterocycles. The van der Waals surface area contributed by atoms with E-state index in [1.807, 2.05) is 0 Å². The van der Waals surface area contributed by atoms with Gasteiger partial charge >= 0.3 is 59.1 Å². The third-order valence-electron chi connectivity index (χ3n) is 0.572. The summed E-state index contributed by atoms with van der Waals surface area (Å²) in [7, 11) is 0. The van der Waals surface area contributed by atoms with Crippen LogP contribution in [0.2, 0.25) is 0 Å². The number of nitrogens with two attached hydrogens (primary N) is 2. The van der Waals surface area contributed by atoms with Crippen LogP contribution in [0.4, 0.5) is 9.59 Å². The van der Waals surface area contributed by atoms with Crippen molar-refractivity contribution in [2.45, 2.75) is 0 Å². The van der Waals surface area contributed by atoms with Gasteiger partial charge in [-0.1, -0.05) is 23.5 Å². The fraction of sp³-hybridized carbons (Fsp3) is 0.500. The third kappa shape index (κ3) is 17.7. The molecule has 8 heteroatoms. The molecule has 0 aromatic carbocycles. The average molecular weight is 228 g/mol. The van der Waals surface area contributed by atoms with Crippen molar-refractivity contribution in [3.63, 3.8) is 0 Å². The van der Waals surface area contributed by atoms with Crippen molar-refractivity contribution in [1.82, 2.24) is 0 Å². The molecule has 62 valence electrons. The number of rotatable bonds is 3. The van der Waals surface area contributed by atoms with Gasteiger partial charge in [-0.05, 0) is 0 Å². The van der Waals surface area contributed by atoms with Gasteiger partial charge in [0.15, 0.2) is 0 Å². The molecule has 0 aliphatic heterocycles. The monoisotopic (exact) mass is 228 g/mol. The van der Waals surface area contributed by atoms with Gasteiger partial charge in [-0.25, -0.2) is 0 Å². The Kier molecular flexibility index (Phi) is 20.3. The number of primary amides is 2. The van der Waals surface area contributed by atoms with Crippen LogP contribution in [0, 0.1) is 0 Å². The van der Waals surface area contributed by atoms with Crippen LogP contribution in [0.1, 0.15) is 2.85 Å². The average Bonchev–Trinajstić information content (AvgIpc) is 1.79. The Hall–Kier alpha value is 1.64. The number of carbonyl (C=O) groups is 2. The van der Waals surface area contributed by atoms with Gasteiger partial charge in [0.2, 0.25) is 0 Å². The SMILES string of the molecule is NC(=O)SCCSC(N)=O.[H-].[H-].[Na+].[Na+]. The Labute approximate surface area is 127 Å². The van der Waals surface area contributed by atoms with Crippen molar-refractivity contribution in [3.05, 3.63) is 0 Å². The van der Waals surface area contributed by atoms with Crippen molar-refractivity contribution >= 4 is 34.0 Å². The smallest absolute Gasteiger partial charge is 1.00 e. The first kappa shape index (κ1) is 19.2. The van der Waals surface area contributed by atoms with Crippen molar-refractivity contribution in [2.75, 3.05) is 11.5 Å². The molecule has 0 saturated carbocycles. The standard InChI is InChI=1S/C4H8N2O2S2.2Na.2H/c5-3(7)9-1-2-10-4(6)8;;;;/h1-2H2,(H2,5,7)(H2,6,8);;;;/q;2*+1;2*-1. The van der Waals surface area contributed by atoms with Crippen LogP contribution in [-0.2, 0) is 0 Å². The van der Waals surface area contributed by atoms with Gasteiger partial charge in [0, 0.05) is 11.5 Å². The molecule has 0 aromatic rings. The molecule has 0 unspecified atom stereocenters. The molecule has 0 aliphatic rings. The predicted molar refractivity (Wildman–Crippen MR) is 46.3 cm³/mol. The first-order chi connectivity index (χ1) is 4.63. The molecule has 0 aliphatic carbocycles. The molecular weight excluding hydrogens is 218 g/mol. The number of hydrogen-bond donors (Lipinski definition) is 2. The van der Waals surface area contributed by atoms with Gasteiger partial charge in [0.25, 0.3) is 10.5 Å². The predicted octanol–water partition coefficient (Wildman–Crippen LogP) is -5.16. The van der Waals surface area contributed by atoms with Crippen molar-refractivity contribution < 1.29 is 71.6 Å². The second kappa shape index (κ2) is 12.6. The van der Waals surface area contributed by atoms with Crippen LogP contribution >= 0.6 is 23.5 Å². The fourth-order valence-corrected chi connectivity index (χ4v) is 1.35. The molecule has 0 saturated heterocycles. The van der Waals surface area contributed by atoms with E-state index < -0.39 is 10.5 Å². The van der Waals surface area contributed by atoms with Crippen LogP contribution in [0.3, 0.4) is 0 Å². The summed E-state index contributed by atoms with van der Waals surface area (Å²) in [5.74, 6) is 1.06. The molecular formula is C4H10N2Na2O2S2. The van der Waals surface area contributed by atoms with E-state index in [1.165, 1.54) is 0 Å².